The standard InChI is InChI=1S/C16H26O2/c1-5-12-18-15-9-7-6-8-13(15)14(17)10-11-16(2,3)4/h6-9,14,17H,5,10-12H2,1-4H3. The molecule has 2 heteroatoms. The maximum Gasteiger partial charge on any atom is 0.125 e. The van der Waals surface area contributed by atoms with Crippen molar-refractivity contribution < 1.29 is 9.84 Å². The molecule has 0 aliphatic rings. The zero-order chi connectivity index (χ0) is 13.6. The highest BCUT2D eigenvalue weighted by Crippen LogP contribution is 2.31. The first-order valence-electron chi connectivity index (χ1n) is 6.84. The Bertz CT molecular complexity index is 352. The lowest BCUT2D eigenvalue weighted by Gasteiger charge is -2.21. The van der Waals surface area contributed by atoms with Gasteiger partial charge in [0.2, 0.25) is 0 Å². The molecular weight excluding hydrogens is 224 g/mol. The minimum atomic E-state index is -0.433. The third-order valence-electron chi connectivity index (χ3n) is 2.91. The number of hydrogen-bond donors (Lipinski definition) is 1. The van der Waals surface area contributed by atoms with Crippen LogP contribution in [0, 0.1) is 5.41 Å². The zero-order valence-electron chi connectivity index (χ0n) is 12.1. The van der Waals surface area contributed by atoms with Crippen LogP contribution in [0.5, 0.6) is 5.75 Å². The van der Waals surface area contributed by atoms with Crippen LogP contribution < -0.4 is 4.74 Å². The first-order valence-corrected chi connectivity index (χ1v) is 6.84. The van der Waals surface area contributed by atoms with Gasteiger partial charge in [-0.25, -0.2) is 0 Å². The lowest BCUT2D eigenvalue weighted by molar-refractivity contribution is 0.142. The fraction of sp³-hybridized carbons (Fsp3) is 0.625. The third kappa shape index (κ3) is 5.09. The fourth-order valence-corrected chi connectivity index (χ4v) is 1.82. The average molecular weight is 250 g/mol. The van der Waals surface area contributed by atoms with Crippen LogP contribution in [0.1, 0.15) is 58.6 Å². The maximum absolute atomic E-state index is 10.3. The van der Waals surface area contributed by atoms with Gasteiger partial charge in [0.05, 0.1) is 12.7 Å². The molecule has 1 rings (SSSR count). The quantitative estimate of drug-likeness (QED) is 0.814. The maximum atomic E-state index is 10.3. The summed E-state index contributed by atoms with van der Waals surface area (Å²) in [6, 6.07) is 7.79. The molecule has 0 bridgehead atoms. The van der Waals surface area contributed by atoms with Gasteiger partial charge in [-0.3, -0.25) is 0 Å². The molecule has 18 heavy (non-hydrogen) atoms. The summed E-state index contributed by atoms with van der Waals surface area (Å²) in [5, 5.41) is 10.3. The van der Waals surface area contributed by atoms with Gasteiger partial charge in [0.15, 0.2) is 0 Å². The number of hydrogen-bond acceptors (Lipinski definition) is 2. The highest BCUT2D eigenvalue weighted by Gasteiger charge is 2.17. The van der Waals surface area contributed by atoms with Gasteiger partial charge < -0.3 is 9.84 Å². The van der Waals surface area contributed by atoms with Gasteiger partial charge in [-0.05, 0) is 30.7 Å². The summed E-state index contributed by atoms with van der Waals surface area (Å²) < 4.78 is 5.68. The lowest BCUT2D eigenvalue weighted by Crippen LogP contribution is -2.09. The minimum Gasteiger partial charge on any atom is -0.493 e. The highest BCUT2D eigenvalue weighted by atomic mass is 16.5. The van der Waals surface area contributed by atoms with Gasteiger partial charge in [-0.15, -0.1) is 0 Å². The molecule has 1 N–H and O–H groups in total. The van der Waals surface area contributed by atoms with E-state index in [9.17, 15) is 5.11 Å². The van der Waals surface area contributed by atoms with Crippen LogP contribution in [0.25, 0.3) is 0 Å². The molecular formula is C16H26O2. The first kappa shape index (κ1) is 15.0. The SMILES string of the molecule is CCCOc1ccccc1C(O)CCC(C)(C)C. The van der Waals surface area contributed by atoms with Crippen LogP contribution in [0.4, 0.5) is 0 Å². The summed E-state index contributed by atoms with van der Waals surface area (Å²) in [6.07, 6.45) is 2.32. The Balaban J connectivity index is 2.69. The van der Waals surface area contributed by atoms with Crippen LogP contribution in [-0.4, -0.2) is 11.7 Å². The van der Waals surface area contributed by atoms with E-state index >= 15 is 0 Å². The molecule has 2 nitrogen and oxygen atoms in total. The molecule has 0 aliphatic carbocycles. The van der Waals surface area contributed by atoms with Crippen LogP contribution in [0.2, 0.25) is 0 Å². The van der Waals surface area contributed by atoms with Gasteiger partial charge >= 0.3 is 0 Å². The van der Waals surface area contributed by atoms with Crippen molar-refractivity contribution in [3.8, 4) is 5.75 Å². The molecule has 1 aromatic rings. The van der Waals surface area contributed by atoms with E-state index in [2.05, 4.69) is 27.7 Å². The smallest absolute Gasteiger partial charge is 0.125 e. The molecule has 0 heterocycles. The minimum absolute atomic E-state index is 0.250. The Labute approximate surface area is 111 Å². The van der Waals surface area contributed by atoms with Crippen molar-refractivity contribution in [3.05, 3.63) is 29.8 Å². The van der Waals surface area contributed by atoms with E-state index < -0.39 is 6.10 Å². The summed E-state index contributed by atoms with van der Waals surface area (Å²) in [4.78, 5) is 0. The molecule has 0 saturated carbocycles. The Morgan fingerprint density at radius 2 is 1.89 bits per heavy atom. The van der Waals surface area contributed by atoms with Gasteiger partial charge in [0, 0.05) is 5.56 Å². The van der Waals surface area contributed by atoms with Crippen molar-refractivity contribution in [3.63, 3.8) is 0 Å². The fourth-order valence-electron chi connectivity index (χ4n) is 1.82. The van der Waals surface area contributed by atoms with E-state index in [0.29, 0.717) is 6.61 Å². The lowest BCUT2D eigenvalue weighted by atomic mass is 9.88. The summed E-state index contributed by atoms with van der Waals surface area (Å²) in [5.74, 6) is 0.820. The normalized spacial score (nSPS) is 13.4. The van der Waals surface area contributed by atoms with Crippen LogP contribution in [0.15, 0.2) is 24.3 Å². The molecule has 0 aromatic heterocycles. The Hall–Kier alpha value is -1.02. The van der Waals surface area contributed by atoms with Crippen molar-refractivity contribution in [1.29, 1.82) is 0 Å². The molecule has 1 atom stereocenters. The highest BCUT2D eigenvalue weighted by molar-refractivity contribution is 5.35. The van der Waals surface area contributed by atoms with E-state index in [-0.39, 0.29) is 5.41 Å². The summed E-state index contributed by atoms with van der Waals surface area (Å²) in [5.41, 5.74) is 1.16. The first-order chi connectivity index (χ1) is 8.44. The zero-order valence-corrected chi connectivity index (χ0v) is 12.1. The number of benzene rings is 1. The molecule has 0 saturated heterocycles. The summed E-state index contributed by atoms with van der Waals surface area (Å²) in [7, 11) is 0. The van der Waals surface area contributed by atoms with Crippen molar-refractivity contribution in [2.24, 2.45) is 5.41 Å². The predicted octanol–water partition coefficient (Wildman–Crippen LogP) is 4.34. The Morgan fingerprint density at radius 1 is 1.22 bits per heavy atom. The van der Waals surface area contributed by atoms with Crippen LogP contribution in [0.3, 0.4) is 0 Å². The van der Waals surface area contributed by atoms with Crippen LogP contribution in [-0.2, 0) is 0 Å². The summed E-state index contributed by atoms with van der Waals surface area (Å²) >= 11 is 0. The second-order valence-electron chi connectivity index (χ2n) is 6.00. The molecule has 0 aliphatic heterocycles. The molecule has 0 fully saturated rings. The number of rotatable bonds is 6. The Kier molecular flexibility index (Phi) is 5.67. The van der Waals surface area contributed by atoms with E-state index in [0.717, 1.165) is 30.6 Å². The van der Waals surface area contributed by atoms with Gasteiger partial charge in [-0.2, -0.15) is 0 Å². The second kappa shape index (κ2) is 6.79. The largest absolute Gasteiger partial charge is 0.493 e. The summed E-state index contributed by atoms with van der Waals surface area (Å²) in [6.45, 7) is 9.36. The van der Waals surface area contributed by atoms with E-state index in [1.807, 2.05) is 24.3 Å². The third-order valence-corrected chi connectivity index (χ3v) is 2.91. The van der Waals surface area contributed by atoms with E-state index in [1.165, 1.54) is 0 Å². The molecule has 0 radical (unpaired) electrons. The Morgan fingerprint density at radius 3 is 2.50 bits per heavy atom. The van der Waals surface area contributed by atoms with Gasteiger partial charge in [0.25, 0.3) is 0 Å². The van der Waals surface area contributed by atoms with Crippen molar-refractivity contribution in [2.75, 3.05) is 6.61 Å². The molecule has 1 unspecified atom stereocenters. The molecule has 1 aromatic carbocycles. The number of ether oxygens (including phenoxy) is 1. The molecule has 0 spiro atoms. The average Bonchev–Trinajstić information content (AvgIpc) is 2.33. The van der Waals surface area contributed by atoms with Gasteiger partial charge in [-0.1, -0.05) is 45.9 Å². The van der Waals surface area contributed by atoms with Gasteiger partial charge in [0.1, 0.15) is 5.75 Å². The van der Waals surface area contributed by atoms with E-state index in [1.54, 1.807) is 0 Å². The van der Waals surface area contributed by atoms with Crippen molar-refractivity contribution >= 4 is 0 Å². The second-order valence-corrected chi connectivity index (χ2v) is 6.00. The van der Waals surface area contributed by atoms with Crippen molar-refractivity contribution in [2.45, 2.75) is 53.1 Å². The predicted molar refractivity (Wildman–Crippen MR) is 75.9 cm³/mol. The van der Waals surface area contributed by atoms with Crippen molar-refractivity contribution in [1.82, 2.24) is 0 Å². The number of aliphatic hydroxyl groups excluding tert-OH is 1. The topological polar surface area (TPSA) is 29.5 Å². The van der Waals surface area contributed by atoms with E-state index in [4.69, 9.17) is 4.74 Å². The number of aliphatic hydroxyl groups is 1. The molecule has 102 valence electrons. The molecule has 0 amide bonds. The number of para-hydroxylation sites is 1. The monoisotopic (exact) mass is 250 g/mol. The van der Waals surface area contributed by atoms with Crippen LogP contribution >= 0.6 is 0 Å².